The smallest absolute Gasteiger partial charge is 0.414 e. The Morgan fingerprint density at radius 1 is 1.10 bits per heavy atom. The van der Waals surface area contributed by atoms with E-state index in [4.69, 9.17) is 9.47 Å². The second-order valence-corrected chi connectivity index (χ2v) is 8.83. The molecule has 3 aromatic rings. The molecule has 0 saturated carbocycles. The zero-order chi connectivity index (χ0) is 30.7. The highest BCUT2D eigenvalue weighted by atomic mass is 19.4. The molecule has 3 heterocycles. The molecular formula is C24H26F8N6O3. The van der Waals surface area contributed by atoms with Crippen molar-refractivity contribution in [2.24, 2.45) is 0 Å². The van der Waals surface area contributed by atoms with Gasteiger partial charge in [-0.3, -0.25) is 4.98 Å². The number of alkyl halides is 8. The number of pyridine rings is 1. The number of carbonyl (C=O) groups excluding carboxylic acids is 1. The Hall–Kier alpha value is -3.92. The van der Waals surface area contributed by atoms with Gasteiger partial charge >= 0.3 is 18.4 Å². The molecule has 0 aliphatic rings. The fraction of sp³-hybridized carbons (Fsp3) is 0.500. The average molecular weight is 598 g/mol. The molecule has 9 nitrogen and oxygen atoms in total. The highest BCUT2D eigenvalue weighted by Gasteiger charge is 2.48. The van der Waals surface area contributed by atoms with E-state index in [-0.39, 0.29) is 27.8 Å². The molecule has 17 heteroatoms. The molecular weight excluding hydrogens is 572 g/mol. The van der Waals surface area contributed by atoms with Crippen LogP contribution in [0.4, 0.5) is 39.9 Å². The molecule has 3 rings (SSSR count). The van der Waals surface area contributed by atoms with Crippen LogP contribution in [-0.2, 0) is 0 Å². The number of nitrogens with zero attached hydrogens (tertiary/aromatic N) is 5. The summed E-state index contributed by atoms with van der Waals surface area (Å²) in [7, 11) is 2.57. The largest absolute Gasteiger partial charge is 0.494 e. The van der Waals surface area contributed by atoms with Gasteiger partial charge in [0, 0.05) is 30.9 Å². The summed E-state index contributed by atoms with van der Waals surface area (Å²) in [6.07, 6.45) is -12.3. The molecule has 0 aromatic carbocycles. The SMILES string of the molecule is CCN(C(=O)NC(CCC(F)(F)F)C(F)F)C(c1cc(-c2cn3cc(C)nc3c(OC)n2)c(OC)cn1)C(F)(F)F. The molecule has 2 amide bonds. The van der Waals surface area contributed by atoms with Crippen LogP contribution in [0.2, 0.25) is 0 Å². The van der Waals surface area contributed by atoms with Gasteiger partial charge in [0.2, 0.25) is 5.65 Å². The topological polar surface area (TPSA) is 93.9 Å². The summed E-state index contributed by atoms with van der Waals surface area (Å²) >= 11 is 0. The maximum atomic E-state index is 14.4. The molecule has 3 aromatic heterocycles. The van der Waals surface area contributed by atoms with Gasteiger partial charge in [-0.25, -0.2) is 23.5 Å². The van der Waals surface area contributed by atoms with E-state index in [1.54, 1.807) is 18.4 Å². The maximum absolute atomic E-state index is 14.4. The number of amides is 2. The van der Waals surface area contributed by atoms with Crippen LogP contribution in [0.3, 0.4) is 0 Å². The number of methoxy groups -OCH3 is 2. The van der Waals surface area contributed by atoms with Crippen LogP contribution in [0.1, 0.15) is 37.2 Å². The van der Waals surface area contributed by atoms with Crippen LogP contribution >= 0.6 is 0 Å². The molecule has 0 bridgehead atoms. The van der Waals surface area contributed by atoms with Gasteiger partial charge in [0.1, 0.15) is 5.75 Å². The molecule has 41 heavy (non-hydrogen) atoms. The van der Waals surface area contributed by atoms with Gasteiger partial charge in [-0.1, -0.05) is 0 Å². The van der Waals surface area contributed by atoms with Gasteiger partial charge in [0.15, 0.2) is 6.04 Å². The fourth-order valence-electron chi connectivity index (χ4n) is 4.10. The van der Waals surface area contributed by atoms with E-state index in [0.29, 0.717) is 11.3 Å². The average Bonchev–Trinajstić information content (AvgIpc) is 3.27. The molecule has 0 spiro atoms. The Morgan fingerprint density at radius 2 is 1.78 bits per heavy atom. The lowest BCUT2D eigenvalue weighted by atomic mass is 10.1. The summed E-state index contributed by atoms with van der Waals surface area (Å²) in [5.74, 6) is 0.0627. The summed E-state index contributed by atoms with van der Waals surface area (Å²) in [5, 5.41) is 1.61. The van der Waals surface area contributed by atoms with Crippen molar-refractivity contribution >= 4 is 11.7 Å². The van der Waals surface area contributed by atoms with E-state index in [9.17, 15) is 39.9 Å². The molecule has 0 radical (unpaired) electrons. The number of hydrogen-bond donors (Lipinski definition) is 1. The first-order valence-electron chi connectivity index (χ1n) is 12.0. The monoisotopic (exact) mass is 598 g/mol. The number of hydrogen-bond acceptors (Lipinski definition) is 6. The predicted octanol–water partition coefficient (Wildman–Crippen LogP) is 5.73. The van der Waals surface area contributed by atoms with Gasteiger partial charge in [0.25, 0.3) is 12.3 Å². The highest BCUT2D eigenvalue weighted by molar-refractivity contribution is 5.75. The van der Waals surface area contributed by atoms with Crippen molar-refractivity contribution in [1.29, 1.82) is 0 Å². The van der Waals surface area contributed by atoms with Crippen molar-refractivity contribution in [3.05, 3.63) is 36.0 Å². The summed E-state index contributed by atoms with van der Waals surface area (Å²) in [6, 6.07) is -5.78. The van der Waals surface area contributed by atoms with Gasteiger partial charge in [0.05, 0.1) is 43.5 Å². The molecule has 0 aliphatic carbocycles. The summed E-state index contributed by atoms with van der Waals surface area (Å²) < 4.78 is 120. The number of aromatic nitrogens is 4. The van der Waals surface area contributed by atoms with Crippen LogP contribution in [-0.4, -0.2) is 75.9 Å². The van der Waals surface area contributed by atoms with Crippen LogP contribution in [0.25, 0.3) is 16.9 Å². The van der Waals surface area contributed by atoms with Crippen LogP contribution in [0.15, 0.2) is 24.7 Å². The van der Waals surface area contributed by atoms with Crippen LogP contribution < -0.4 is 14.8 Å². The number of urea groups is 1. The van der Waals surface area contributed by atoms with Crippen molar-refractivity contribution in [1.82, 2.24) is 29.6 Å². The fourth-order valence-corrected chi connectivity index (χ4v) is 4.10. The lowest BCUT2D eigenvalue weighted by Gasteiger charge is -2.33. The Labute approximate surface area is 228 Å². The summed E-state index contributed by atoms with van der Waals surface area (Å²) in [4.78, 5) is 25.3. The number of ether oxygens (including phenoxy) is 2. The first-order chi connectivity index (χ1) is 19.1. The number of nitrogens with one attached hydrogen (secondary N) is 1. The Morgan fingerprint density at radius 3 is 2.32 bits per heavy atom. The van der Waals surface area contributed by atoms with E-state index in [2.05, 4.69) is 15.0 Å². The molecule has 0 saturated heterocycles. The van der Waals surface area contributed by atoms with Gasteiger partial charge < -0.3 is 24.1 Å². The highest BCUT2D eigenvalue weighted by Crippen LogP contribution is 2.40. The van der Waals surface area contributed by atoms with Crippen molar-refractivity contribution in [3.63, 3.8) is 0 Å². The minimum Gasteiger partial charge on any atom is -0.494 e. The van der Waals surface area contributed by atoms with E-state index in [1.807, 2.05) is 0 Å². The summed E-state index contributed by atoms with van der Waals surface area (Å²) in [6.45, 7) is 2.20. The first-order valence-corrected chi connectivity index (χ1v) is 12.0. The minimum atomic E-state index is -5.17. The van der Waals surface area contributed by atoms with Crippen molar-refractivity contribution < 1.29 is 49.4 Å². The minimum absolute atomic E-state index is 0.0119. The van der Waals surface area contributed by atoms with Crippen LogP contribution in [0, 0.1) is 6.92 Å². The van der Waals surface area contributed by atoms with Gasteiger partial charge in [-0.05, 0) is 26.3 Å². The van der Waals surface area contributed by atoms with Gasteiger partial charge in [-0.15, -0.1) is 0 Å². The Kier molecular flexibility index (Phi) is 9.48. The lowest BCUT2D eigenvalue weighted by molar-refractivity contribution is -0.179. The zero-order valence-electron chi connectivity index (χ0n) is 22.1. The standard InChI is InChI=1S/C24H26F8N6O3/c1-5-38(22(39)36-14(19(25)26)6-7-23(27,28)29)18(24(30,31)32)15-8-13(17(40-3)9-33-15)16-11-37-10-12(2)34-20(37)21(35-16)41-4/h8-11,14,18-19H,5-7H2,1-4H3,(H,36,39). The molecule has 0 aliphatic heterocycles. The summed E-state index contributed by atoms with van der Waals surface area (Å²) in [5.41, 5.74) is 0.319. The van der Waals surface area contributed by atoms with E-state index in [1.165, 1.54) is 24.8 Å². The maximum Gasteiger partial charge on any atom is 0.414 e. The number of carbonyl (C=O) groups is 1. The molecule has 226 valence electrons. The second-order valence-electron chi connectivity index (χ2n) is 8.83. The number of rotatable bonds is 10. The van der Waals surface area contributed by atoms with Crippen LogP contribution in [0.5, 0.6) is 11.6 Å². The number of fused-ring (bicyclic) bond motifs is 1. The number of imidazole rings is 1. The quantitative estimate of drug-likeness (QED) is 0.300. The Bertz CT molecular complexity index is 1360. The lowest BCUT2D eigenvalue weighted by Crippen LogP contribution is -2.51. The van der Waals surface area contributed by atoms with Crippen molar-refractivity contribution in [3.8, 4) is 22.9 Å². The van der Waals surface area contributed by atoms with E-state index in [0.717, 1.165) is 19.2 Å². The second kappa shape index (κ2) is 12.3. The molecule has 2 unspecified atom stereocenters. The van der Waals surface area contributed by atoms with Gasteiger partial charge in [-0.2, -0.15) is 26.3 Å². The van der Waals surface area contributed by atoms with E-state index >= 15 is 0 Å². The molecule has 2 atom stereocenters. The first kappa shape index (κ1) is 31.6. The third-order valence-corrected chi connectivity index (χ3v) is 5.96. The zero-order valence-corrected chi connectivity index (χ0v) is 22.1. The third-order valence-electron chi connectivity index (χ3n) is 5.96. The predicted molar refractivity (Wildman–Crippen MR) is 129 cm³/mol. The van der Waals surface area contributed by atoms with E-state index < -0.39 is 62.0 Å². The van der Waals surface area contributed by atoms with Crippen molar-refractivity contribution in [2.75, 3.05) is 20.8 Å². The normalized spacial score (nSPS) is 13.8. The number of halogens is 8. The third kappa shape index (κ3) is 7.43. The van der Waals surface area contributed by atoms with Crippen molar-refractivity contribution in [2.45, 2.75) is 57.6 Å². The molecule has 1 N–H and O–H groups in total. The number of aryl methyl sites for hydroxylation is 1. The molecule has 0 fully saturated rings. The Balaban J connectivity index is 2.06.